The number of carboxylic acid groups (broad SMARTS) is 1. The van der Waals surface area contributed by atoms with Crippen molar-refractivity contribution in [1.29, 1.82) is 0 Å². The number of carbonyl (C=O) groups is 1. The summed E-state index contributed by atoms with van der Waals surface area (Å²) in [5.74, 6) is -0.414. The van der Waals surface area contributed by atoms with E-state index in [1.54, 1.807) is 13.8 Å². The van der Waals surface area contributed by atoms with E-state index in [1.807, 2.05) is 0 Å². The smallest absolute Gasteiger partial charge is 0.321 e. The fourth-order valence-electron chi connectivity index (χ4n) is 0.580. The van der Waals surface area contributed by atoms with E-state index in [0.29, 0.717) is 5.75 Å². The molecule has 0 rings (SSSR count). The van der Waals surface area contributed by atoms with Gasteiger partial charge in [0.1, 0.15) is 6.04 Å². The van der Waals surface area contributed by atoms with Crippen LogP contribution in [0.2, 0.25) is 0 Å². The molecule has 0 aliphatic rings. The third kappa shape index (κ3) is 4.75. The van der Waals surface area contributed by atoms with Crippen molar-refractivity contribution in [3.05, 3.63) is 0 Å². The van der Waals surface area contributed by atoms with Gasteiger partial charge in [0.15, 0.2) is 0 Å². The molecule has 13 heavy (non-hydrogen) atoms. The van der Waals surface area contributed by atoms with E-state index >= 15 is 0 Å². The molecule has 0 saturated heterocycles. The molecule has 0 aromatic heterocycles. The van der Waals surface area contributed by atoms with E-state index in [4.69, 9.17) is 15.9 Å². The SMILES string of the molecule is CC(C)(SSCCO)[C@@H](N)C(=O)O. The lowest BCUT2D eigenvalue weighted by Crippen LogP contribution is -2.46. The van der Waals surface area contributed by atoms with Gasteiger partial charge in [0.05, 0.1) is 6.61 Å². The first-order valence-corrected chi connectivity index (χ1v) is 6.13. The summed E-state index contributed by atoms with van der Waals surface area (Å²) in [7, 11) is 2.82. The number of rotatable bonds is 6. The van der Waals surface area contributed by atoms with Crippen molar-refractivity contribution in [3.8, 4) is 0 Å². The molecule has 0 radical (unpaired) electrons. The van der Waals surface area contributed by atoms with Gasteiger partial charge in [-0.1, -0.05) is 21.6 Å². The summed E-state index contributed by atoms with van der Waals surface area (Å²) in [4.78, 5) is 10.6. The van der Waals surface area contributed by atoms with Crippen LogP contribution in [0.5, 0.6) is 0 Å². The van der Waals surface area contributed by atoms with Crippen molar-refractivity contribution in [3.63, 3.8) is 0 Å². The number of carboxylic acids is 1. The van der Waals surface area contributed by atoms with Crippen molar-refractivity contribution >= 4 is 27.6 Å². The van der Waals surface area contributed by atoms with Crippen molar-refractivity contribution in [1.82, 2.24) is 0 Å². The van der Waals surface area contributed by atoms with Crippen LogP contribution in [-0.2, 0) is 4.79 Å². The molecule has 0 spiro atoms. The molecule has 1 atom stereocenters. The Morgan fingerprint density at radius 3 is 2.54 bits per heavy atom. The minimum Gasteiger partial charge on any atom is -0.480 e. The normalized spacial score (nSPS) is 14.2. The quantitative estimate of drug-likeness (QED) is 0.452. The van der Waals surface area contributed by atoms with E-state index in [9.17, 15) is 4.79 Å². The molecule has 0 aromatic rings. The molecule has 0 aromatic carbocycles. The van der Waals surface area contributed by atoms with E-state index < -0.39 is 16.8 Å². The van der Waals surface area contributed by atoms with Gasteiger partial charge in [0.2, 0.25) is 0 Å². The molecule has 4 N–H and O–H groups in total. The Hall–Kier alpha value is 0.0900. The first-order valence-electron chi connectivity index (χ1n) is 3.81. The van der Waals surface area contributed by atoms with Gasteiger partial charge in [0, 0.05) is 10.5 Å². The fourth-order valence-corrected chi connectivity index (χ4v) is 2.94. The fraction of sp³-hybridized carbons (Fsp3) is 0.857. The second-order valence-corrected chi connectivity index (χ2v) is 6.12. The van der Waals surface area contributed by atoms with Crippen molar-refractivity contribution in [2.75, 3.05) is 12.4 Å². The number of nitrogens with two attached hydrogens (primary N) is 1. The molecule has 0 bridgehead atoms. The van der Waals surface area contributed by atoms with Crippen LogP contribution in [0.3, 0.4) is 0 Å². The molecule has 0 saturated carbocycles. The highest BCUT2D eigenvalue weighted by atomic mass is 33.1. The molecule has 0 unspecified atom stereocenters. The summed E-state index contributed by atoms with van der Waals surface area (Å²) in [5, 5.41) is 17.2. The Kier molecular flexibility index (Phi) is 5.78. The van der Waals surface area contributed by atoms with E-state index in [-0.39, 0.29) is 6.61 Å². The van der Waals surface area contributed by atoms with Crippen LogP contribution in [0.1, 0.15) is 13.8 Å². The van der Waals surface area contributed by atoms with Gasteiger partial charge in [-0.2, -0.15) is 0 Å². The second-order valence-electron chi connectivity index (χ2n) is 3.05. The Labute approximate surface area is 85.7 Å². The van der Waals surface area contributed by atoms with Crippen molar-refractivity contribution < 1.29 is 15.0 Å². The Morgan fingerprint density at radius 2 is 2.15 bits per heavy atom. The Balaban J connectivity index is 3.98. The summed E-state index contributed by atoms with van der Waals surface area (Å²) in [6.07, 6.45) is 0. The zero-order valence-electron chi connectivity index (χ0n) is 7.69. The minimum absolute atomic E-state index is 0.0933. The summed E-state index contributed by atoms with van der Waals surface area (Å²) < 4.78 is -0.522. The third-order valence-electron chi connectivity index (χ3n) is 1.46. The minimum atomic E-state index is -0.998. The molecule has 0 aliphatic carbocycles. The average molecular weight is 225 g/mol. The molecule has 0 amide bonds. The molecule has 6 heteroatoms. The van der Waals surface area contributed by atoms with Crippen molar-refractivity contribution in [2.24, 2.45) is 5.73 Å². The zero-order chi connectivity index (χ0) is 10.5. The highest BCUT2D eigenvalue weighted by Crippen LogP contribution is 2.37. The van der Waals surface area contributed by atoms with Gasteiger partial charge in [-0.25, -0.2) is 0 Å². The maximum absolute atomic E-state index is 10.6. The number of aliphatic carboxylic acids is 1. The van der Waals surface area contributed by atoms with Crippen LogP contribution in [0, 0.1) is 0 Å². The average Bonchev–Trinajstić information content (AvgIpc) is 2.03. The number of aliphatic hydroxyl groups is 1. The summed E-state index contributed by atoms with van der Waals surface area (Å²) in [5.41, 5.74) is 5.48. The topological polar surface area (TPSA) is 83.5 Å². The van der Waals surface area contributed by atoms with Gasteiger partial charge < -0.3 is 15.9 Å². The lowest BCUT2D eigenvalue weighted by molar-refractivity contribution is -0.139. The predicted octanol–water partition coefficient (Wildman–Crippen LogP) is 0.551. The maximum atomic E-state index is 10.6. The first-order chi connectivity index (χ1) is 5.91. The number of aliphatic hydroxyl groups excluding tert-OH is 1. The lowest BCUT2D eigenvalue weighted by atomic mass is 10.1. The van der Waals surface area contributed by atoms with Crippen LogP contribution in [-0.4, -0.2) is 39.3 Å². The van der Waals surface area contributed by atoms with Crippen LogP contribution in [0.15, 0.2) is 0 Å². The van der Waals surface area contributed by atoms with Crippen LogP contribution in [0.25, 0.3) is 0 Å². The zero-order valence-corrected chi connectivity index (χ0v) is 9.32. The summed E-state index contributed by atoms with van der Waals surface area (Å²) >= 11 is 0. The second kappa shape index (κ2) is 5.74. The maximum Gasteiger partial charge on any atom is 0.321 e. The molecular weight excluding hydrogens is 210 g/mol. The monoisotopic (exact) mass is 225 g/mol. The molecular formula is C7H15NO3S2. The van der Waals surface area contributed by atoms with Gasteiger partial charge >= 0.3 is 5.97 Å². The van der Waals surface area contributed by atoms with Gasteiger partial charge in [-0.3, -0.25) is 4.79 Å². The first kappa shape index (κ1) is 13.1. The van der Waals surface area contributed by atoms with Crippen LogP contribution >= 0.6 is 21.6 Å². The van der Waals surface area contributed by atoms with Gasteiger partial charge in [-0.05, 0) is 13.8 Å². The predicted molar refractivity (Wildman–Crippen MR) is 56.8 cm³/mol. The van der Waals surface area contributed by atoms with E-state index in [2.05, 4.69) is 0 Å². The molecule has 78 valence electrons. The third-order valence-corrected chi connectivity index (χ3v) is 4.76. The molecule has 0 heterocycles. The summed E-state index contributed by atoms with van der Waals surface area (Å²) in [6, 6.07) is -0.885. The number of hydrogen-bond acceptors (Lipinski definition) is 5. The van der Waals surface area contributed by atoms with Crippen molar-refractivity contribution in [2.45, 2.75) is 24.6 Å². The highest BCUT2D eigenvalue weighted by molar-refractivity contribution is 8.77. The summed E-state index contributed by atoms with van der Waals surface area (Å²) in [6.45, 7) is 3.65. The standard InChI is InChI=1S/C7H15NO3S2/c1-7(2,5(8)6(10)11)13-12-4-3-9/h5,9H,3-4,8H2,1-2H3,(H,10,11)/t5-/m0/s1. The van der Waals surface area contributed by atoms with Crippen LogP contribution < -0.4 is 5.73 Å². The van der Waals surface area contributed by atoms with E-state index in [0.717, 1.165) is 0 Å². The lowest BCUT2D eigenvalue weighted by Gasteiger charge is -2.26. The Bertz CT molecular complexity index is 175. The highest BCUT2D eigenvalue weighted by Gasteiger charge is 2.32. The largest absolute Gasteiger partial charge is 0.480 e. The Morgan fingerprint density at radius 1 is 1.62 bits per heavy atom. The molecule has 0 fully saturated rings. The van der Waals surface area contributed by atoms with Gasteiger partial charge in [0.25, 0.3) is 0 Å². The van der Waals surface area contributed by atoms with Crippen LogP contribution in [0.4, 0.5) is 0 Å². The molecule has 0 aliphatic heterocycles. The van der Waals surface area contributed by atoms with E-state index in [1.165, 1.54) is 21.6 Å². The number of hydrogen-bond donors (Lipinski definition) is 3. The van der Waals surface area contributed by atoms with Gasteiger partial charge in [-0.15, -0.1) is 0 Å². The molecule has 4 nitrogen and oxygen atoms in total.